The van der Waals surface area contributed by atoms with Crippen LogP contribution in [0.15, 0.2) is 78.0 Å². The van der Waals surface area contributed by atoms with Crippen LogP contribution < -0.4 is 5.56 Å². The second kappa shape index (κ2) is 7.18. The van der Waals surface area contributed by atoms with E-state index >= 15 is 0 Å². The number of nitrogens with zero attached hydrogens (tertiary/aromatic N) is 4. The fourth-order valence-electron chi connectivity index (χ4n) is 3.09. The van der Waals surface area contributed by atoms with Crippen LogP contribution in [-0.4, -0.2) is 14.3 Å². The van der Waals surface area contributed by atoms with E-state index in [1.54, 1.807) is 48.4 Å². The molecule has 0 saturated heterocycles. The largest absolute Gasteiger partial charge is 0.318 e. The second-order valence-corrected chi connectivity index (χ2v) is 6.80. The van der Waals surface area contributed by atoms with Crippen LogP contribution in [0.1, 0.15) is 5.56 Å². The third kappa shape index (κ3) is 3.22. The highest BCUT2D eigenvalue weighted by molar-refractivity contribution is 6.30. The van der Waals surface area contributed by atoms with E-state index in [1.807, 2.05) is 36.5 Å². The molecular weight excluding hydrogens is 372 g/mol. The van der Waals surface area contributed by atoms with Gasteiger partial charge in [-0.1, -0.05) is 35.9 Å². The van der Waals surface area contributed by atoms with Gasteiger partial charge in [0.15, 0.2) is 0 Å². The Labute approximate surface area is 166 Å². The Bertz CT molecular complexity index is 1260. The number of aromatic nitrogens is 3. The maximum Gasteiger partial charge on any atom is 0.250 e. The lowest BCUT2D eigenvalue weighted by Crippen LogP contribution is -2.15. The first-order valence-electron chi connectivity index (χ1n) is 8.58. The summed E-state index contributed by atoms with van der Waals surface area (Å²) in [6, 6.07) is 18.4. The predicted molar refractivity (Wildman–Crippen MR) is 109 cm³/mol. The molecule has 0 unspecified atom stereocenters. The summed E-state index contributed by atoms with van der Waals surface area (Å²) < 4.78 is 3.21. The Kier molecular flexibility index (Phi) is 4.56. The molecule has 0 N–H and O–H groups in total. The Morgan fingerprint density at radius 1 is 1.00 bits per heavy atom. The summed E-state index contributed by atoms with van der Waals surface area (Å²) in [5.74, 6) is 0. The average molecular weight is 387 g/mol. The number of pyridine rings is 1. The molecule has 0 fully saturated rings. The van der Waals surface area contributed by atoms with Crippen LogP contribution in [0.3, 0.4) is 0 Å². The molecule has 4 aromatic rings. The molecule has 0 radical (unpaired) electrons. The second-order valence-electron chi connectivity index (χ2n) is 6.36. The van der Waals surface area contributed by atoms with Gasteiger partial charge in [-0.2, -0.15) is 10.4 Å². The maximum atomic E-state index is 12.3. The van der Waals surface area contributed by atoms with Gasteiger partial charge in [0.1, 0.15) is 6.07 Å². The molecule has 0 amide bonds. The Morgan fingerprint density at radius 2 is 1.75 bits per heavy atom. The number of hydrogen-bond donors (Lipinski definition) is 0. The number of rotatable bonds is 3. The van der Waals surface area contributed by atoms with Gasteiger partial charge < -0.3 is 4.57 Å². The lowest BCUT2D eigenvalue weighted by atomic mass is 9.98. The Balaban J connectivity index is 1.88. The molecule has 6 heteroatoms. The molecule has 0 saturated carbocycles. The number of halogens is 1. The van der Waals surface area contributed by atoms with Crippen molar-refractivity contribution < 1.29 is 0 Å². The molecule has 0 aliphatic heterocycles. The van der Waals surface area contributed by atoms with E-state index in [4.69, 9.17) is 11.6 Å². The molecule has 0 aliphatic carbocycles. The monoisotopic (exact) mass is 386 g/mol. The Morgan fingerprint density at radius 3 is 2.50 bits per heavy atom. The van der Waals surface area contributed by atoms with Gasteiger partial charge in [-0.25, -0.2) is 4.68 Å². The van der Waals surface area contributed by atoms with Crippen LogP contribution in [0.4, 0.5) is 0 Å². The fraction of sp³-hybridized carbons (Fsp3) is 0.0455. The van der Waals surface area contributed by atoms with Crippen LogP contribution in [0, 0.1) is 11.3 Å². The highest BCUT2D eigenvalue weighted by atomic mass is 35.5. The van der Waals surface area contributed by atoms with Crippen LogP contribution in [0.25, 0.3) is 27.9 Å². The first-order valence-corrected chi connectivity index (χ1v) is 8.96. The smallest absolute Gasteiger partial charge is 0.250 e. The molecule has 28 heavy (non-hydrogen) atoms. The molecule has 0 atom stereocenters. The summed E-state index contributed by atoms with van der Waals surface area (Å²) in [5, 5.41) is 14.4. The van der Waals surface area contributed by atoms with Crippen molar-refractivity contribution in [2.45, 2.75) is 0 Å². The lowest BCUT2D eigenvalue weighted by Gasteiger charge is -2.10. The van der Waals surface area contributed by atoms with Crippen molar-refractivity contribution in [1.82, 2.24) is 14.3 Å². The van der Waals surface area contributed by atoms with E-state index in [-0.39, 0.29) is 5.56 Å². The van der Waals surface area contributed by atoms with Crippen LogP contribution in [-0.2, 0) is 7.05 Å². The van der Waals surface area contributed by atoms with Crippen molar-refractivity contribution in [3.63, 3.8) is 0 Å². The molecule has 2 heterocycles. The van der Waals surface area contributed by atoms with Crippen molar-refractivity contribution in [3.05, 3.63) is 94.1 Å². The maximum absolute atomic E-state index is 12.3. The standard InChI is InChI=1S/C22H15ClN4O/c1-26-14-20(19(10-22(26)28)15-6-8-18(23)9-7-15)17-12-25-27(13-17)21-5-3-2-4-16(21)11-24/h2-10,12-14H,1H3. The first kappa shape index (κ1) is 17.8. The highest BCUT2D eigenvalue weighted by Gasteiger charge is 2.13. The van der Waals surface area contributed by atoms with Gasteiger partial charge in [-0.05, 0) is 35.4 Å². The van der Waals surface area contributed by atoms with Gasteiger partial charge in [0.2, 0.25) is 0 Å². The van der Waals surface area contributed by atoms with E-state index in [0.29, 0.717) is 16.3 Å². The van der Waals surface area contributed by atoms with E-state index in [9.17, 15) is 10.1 Å². The van der Waals surface area contributed by atoms with Gasteiger partial charge in [0.25, 0.3) is 5.56 Å². The van der Waals surface area contributed by atoms with Gasteiger partial charge in [0.05, 0.1) is 17.4 Å². The van der Waals surface area contributed by atoms with E-state index < -0.39 is 0 Å². The zero-order valence-corrected chi connectivity index (χ0v) is 15.8. The summed E-state index contributed by atoms with van der Waals surface area (Å²) in [7, 11) is 1.72. The minimum Gasteiger partial charge on any atom is -0.318 e. The molecule has 2 aromatic heterocycles. The van der Waals surface area contributed by atoms with E-state index in [1.165, 1.54) is 4.57 Å². The van der Waals surface area contributed by atoms with E-state index in [2.05, 4.69) is 11.2 Å². The van der Waals surface area contributed by atoms with Gasteiger partial charge in [-0.15, -0.1) is 0 Å². The van der Waals surface area contributed by atoms with Gasteiger partial charge in [-0.3, -0.25) is 4.79 Å². The Hall–Kier alpha value is -3.62. The number of hydrogen-bond acceptors (Lipinski definition) is 3. The molecule has 4 rings (SSSR count). The lowest BCUT2D eigenvalue weighted by molar-refractivity contribution is 0.863. The van der Waals surface area contributed by atoms with Crippen molar-refractivity contribution >= 4 is 11.6 Å². The molecule has 136 valence electrons. The number of benzene rings is 2. The summed E-state index contributed by atoms with van der Waals surface area (Å²) in [5.41, 5.74) is 4.54. The molecule has 0 aliphatic rings. The summed E-state index contributed by atoms with van der Waals surface area (Å²) in [6.45, 7) is 0. The van der Waals surface area contributed by atoms with Crippen LogP contribution in [0.5, 0.6) is 0 Å². The zero-order chi connectivity index (χ0) is 19.7. The third-order valence-corrected chi connectivity index (χ3v) is 4.80. The normalized spacial score (nSPS) is 10.6. The predicted octanol–water partition coefficient (Wildman–Crippen LogP) is 4.43. The van der Waals surface area contributed by atoms with Crippen molar-refractivity contribution in [2.75, 3.05) is 0 Å². The first-order chi connectivity index (χ1) is 13.6. The SMILES string of the molecule is Cn1cc(-c2cnn(-c3ccccc3C#N)c2)c(-c2ccc(Cl)cc2)cc1=O. The number of aryl methyl sites for hydroxylation is 1. The van der Waals surface area contributed by atoms with Crippen molar-refractivity contribution in [3.8, 4) is 34.0 Å². The number of para-hydroxylation sites is 1. The zero-order valence-electron chi connectivity index (χ0n) is 15.0. The van der Waals surface area contributed by atoms with Crippen molar-refractivity contribution in [1.29, 1.82) is 5.26 Å². The fourth-order valence-corrected chi connectivity index (χ4v) is 3.22. The molecular formula is C22H15ClN4O. The topological polar surface area (TPSA) is 63.6 Å². The van der Waals surface area contributed by atoms with Gasteiger partial charge in [0, 0.05) is 41.7 Å². The highest BCUT2D eigenvalue weighted by Crippen LogP contribution is 2.32. The molecule has 2 aromatic carbocycles. The number of nitriles is 1. The third-order valence-electron chi connectivity index (χ3n) is 4.55. The summed E-state index contributed by atoms with van der Waals surface area (Å²) >= 11 is 6.01. The molecule has 5 nitrogen and oxygen atoms in total. The van der Waals surface area contributed by atoms with E-state index in [0.717, 1.165) is 22.3 Å². The summed E-state index contributed by atoms with van der Waals surface area (Å²) in [4.78, 5) is 12.3. The molecule has 0 bridgehead atoms. The summed E-state index contributed by atoms with van der Waals surface area (Å²) in [6.07, 6.45) is 5.38. The average Bonchev–Trinajstić information content (AvgIpc) is 3.20. The van der Waals surface area contributed by atoms with Crippen molar-refractivity contribution in [2.24, 2.45) is 7.05 Å². The molecule has 0 spiro atoms. The minimum atomic E-state index is -0.101. The van der Waals surface area contributed by atoms with Crippen LogP contribution in [0.2, 0.25) is 5.02 Å². The minimum absolute atomic E-state index is 0.101. The van der Waals surface area contributed by atoms with Gasteiger partial charge >= 0.3 is 0 Å². The van der Waals surface area contributed by atoms with Crippen LogP contribution >= 0.6 is 11.6 Å². The quantitative estimate of drug-likeness (QED) is 0.523.